The zero-order chi connectivity index (χ0) is 20.1. The maximum atomic E-state index is 11.6. The second kappa shape index (κ2) is 9.66. The summed E-state index contributed by atoms with van der Waals surface area (Å²) >= 11 is 0. The predicted molar refractivity (Wildman–Crippen MR) is 110 cm³/mol. The number of nitrogens with one attached hydrogen (secondary N) is 2. The number of aliphatic carboxylic acids is 2. The molecule has 0 aromatic heterocycles. The Hall–Kier alpha value is -0.440. The largest absolute Gasteiger partial charge is 0.480 e. The first kappa shape index (κ1) is 23.6. The molecule has 1 fully saturated rings. The zero-order valence-electron chi connectivity index (χ0n) is 16.7. The summed E-state index contributed by atoms with van der Waals surface area (Å²) in [6.07, 6.45) is 2.15. The van der Waals surface area contributed by atoms with Gasteiger partial charge in [-0.3, -0.25) is 14.9 Å². The Balaban J connectivity index is 2.44. The van der Waals surface area contributed by atoms with Crippen LogP contribution in [0, 0.1) is 11.3 Å². The van der Waals surface area contributed by atoms with Gasteiger partial charge in [0.15, 0.2) is 0 Å². The van der Waals surface area contributed by atoms with Gasteiger partial charge in [0.2, 0.25) is 0 Å². The fourth-order valence-electron chi connectivity index (χ4n) is 3.11. The van der Waals surface area contributed by atoms with E-state index in [0.717, 1.165) is 12.8 Å². The molecule has 0 aliphatic heterocycles. The van der Waals surface area contributed by atoms with E-state index in [-0.39, 0.29) is 17.0 Å². The molecule has 2 unspecified atom stereocenters. The molecule has 0 amide bonds. The number of carbonyl (C=O) groups is 2. The van der Waals surface area contributed by atoms with Gasteiger partial charge >= 0.3 is 11.9 Å². The molecule has 6 nitrogen and oxygen atoms in total. The van der Waals surface area contributed by atoms with Crippen LogP contribution < -0.4 is 10.6 Å². The van der Waals surface area contributed by atoms with E-state index in [2.05, 4.69) is 31.4 Å². The predicted octanol–water partition coefficient (Wildman–Crippen LogP) is 3.08. The van der Waals surface area contributed by atoms with Crippen molar-refractivity contribution in [3.05, 3.63) is 0 Å². The second-order valence-corrected chi connectivity index (χ2v) is 11.6. The van der Waals surface area contributed by atoms with Crippen LogP contribution in [0.4, 0.5) is 0 Å². The second-order valence-electron chi connectivity index (χ2n) is 9.07. The minimum absolute atomic E-state index is 0.175. The Morgan fingerprint density at radius 3 is 1.81 bits per heavy atom. The highest BCUT2D eigenvalue weighted by Crippen LogP contribution is 2.41. The van der Waals surface area contributed by atoms with E-state index >= 15 is 0 Å². The highest BCUT2D eigenvalue weighted by molar-refractivity contribution is 8.76. The molecule has 0 spiro atoms. The highest BCUT2D eigenvalue weighted by atomic mass is 33.1. The molecule has 0 radical (unpaired) electrons. The normalized spacial score (nSPS) is 23.2. The summed E-state index contributed by atoms with van der Waals surface area (Å²) in [6.45, 7) is 12.4. The number of carboxylic acid groups (broad SMARTS) is 2. The Labute approximate surface area is 165 Å². The van der Waals surface area contributed by atoms with Gasteiger partial charge in [0.1, 0.15) is 12.1 Å². The van der Waals surface area contributed by atoms with Crippen LogP contribution in [-0.2, 0) is 9.59 Å². The maximum absolute atomic E-state index is 11.6. The van der Waals surface area contributed by atoms with Crippen LogP contribution in [0.5, 0.6) is 0 Å². The lowest BCUT2D eigenvalue weighted by Gasteiger charge is -2.46. The topological polar surface area (TPSA) is 98.7 Å². The van der Waals surface area contributed by atoms with Crippen LogP contribution in [0.2, 0.25) is 0 Å². The molecule has 152 valence electrons. The summed E-state index contributed by atoms with van der Waals surface area (Å²) in [4.78, 5) is 22.9. The van der Waals surface area contributed by atoms with Crippen LogP contribution in [-0.4, -0.2) is 57.3 Å². The number of carboxylic acids is 2. The fraction of sp³-hybridized carbons (Fsp3) is 0.889. The van der Waals surface area contributed by atoms with Gasteiger partial charge in [-0.05, 0) is 44.9 Å². The van der Waals surface area contributed by atoms with E-state index < -0.39 is 24.0 Å². The molecule has 0 aromatic carbocycles. The molecule has 1 rings (SSSR count). The SMILES string of the molecule is CC(C)(C)N[C@@H](CSSC[C@@H](NC1CCC1C(C)(C)C)C(=O)O)C(=O)O. The van der Waals surface area contributed by atoms with Gasteiger partial charge in [-0.15, -0.1) is 0 Å². The monoisotopic (exact) mass is 406 g/mol. The van der Waals surface area contributed by atoms with E-state index in [4.69, 9.17) is 0 Å². The first-order valence-electron chi connectivity index (χ1n) is 9.05. The minimum Gasteiger partial charge on any atom is -0.480 e. The quantitative estimate of drug-likeness (QED) is 0.324. The number of hydrogen-bond acceptors (Lipinski definition) is 6. The van der Waals surface area contributed by atoms with E-state index in [1.165, 1.54) is 21.6 Å². The van der Waals surface area contributed by atoms with Crippen LogP contribution in [0.3, 0.4) is 0 Å². The van der Waals surface area contributed by atoms with Crippen molar-refractivity contribution in [3.63, 3.8) is 0 Å². The Kier molecular flexibility index (Phi) is 8.77. The lowest BCUT2D eigenvalue weighted by Crippen LogP contribution is -2.55. The lowest BCUT2D eigenvalue weighted by atomic mass is 9.65. The van der Waals surface area contributed by atoms with Gasteiger partial charge in [-0.25, -0.2) is 0 Å². The maximum Gasteiger partial charge on any atom is 0.321 e. The van der Waals surface area contributed by atoms with Gasteiger partial charge in [0, 0.05) is 23.1 Å². The van der Waals surface area contributed by atoms with Crippen molar-refractivity contribution in [2.75, 3.05) is 11.5 Å². The Morgan fingerprint density at radius 1 is 0.962 bits per heavy atom. The molecular weight excluding hydrogens is 372 g/mol. The van der Waals surface area contributed by atoms with Crippen molar-refractivity contribution >= 4 is 33.5 Å². The minimum atomic E-state index is -0.886. The Bertz CT molecular complexity index is 489. The lowest BCUT2D eigenvalue weighted by molar-refractivity contribution is -0.140. The van der Waals surface area contributed by atoms with Crippen LogP contribution in [0.15, 0.2) is 0 Å². The van der Waals surface area contributed by atoms with Crippen molar-refractivity contribution < 1.29 is 19.8 Å². The summed E-state index contributed by atoms with van der Waals surface area (Å²) in [5, 5.41) is 25.2. The fourth-order valence-corrected chi connectivity index (χ4v) is 5.44. The van der Waals surface area contributed by atoms with Gasteiger partial charge in [0.25, 0.3) is 0 Å². The summed E-state index contributed by atoms with van der Waals surface area (Å²) in [7, 11) is 2.82. The van der Waals surface area contributed by atoms with E-state index in [9.17, 15) is 19.8 Å². The van der Waals surface area contributed by atoms with Crippen LogP contribution in [0.25, 0.3) is 0 Å². The number of hydrogen-bond donors (Lipinski definition) is 4. The molecular formula is C18H34N2O4S2. The first-order chi connectivity index (χ1) is 11.8. The smallest absolute Gasteiger partial charge is 0.321 e. The molecule has 0 saturated heterocycles. The van der Waals surface area contributed by atoms with Gasteiger partial charge in [0.05, 0.1) is 0 Å². The summed E-state index contributed by atoms with van der Waals surface area (Å²) in [5.74, 6) is -0.439. The third-order valence-corrected chi connectivity index (χ3v) is 6.98. The van der Waals surface area contributed by atoms with E-state index in [1.807, 2.05) is 20.8 Å². The molecule has 1 aliphatic rings. The van der Waals surface area contributed by atoms with Gasteiger partial charge < -0.3 is 15.5 Å². The highest BCUT2D eigenvalue weighted by Gasteiger charge is 2.40. The van der Waals surface area contributed by atoms with Crippen molar-refractivity contribution in [3.8, 4) is 0 Å². The molecule has 0 aromatic rings. The molecule has 1 saturated carbocycles. The molecule has 26 heavy (non-hydrogen) atoms. The Morgan fingerprint density at radius 2 is 1.46 bits per heavy atom. The third kappa shape index (κ3) is 8.06. The third-order valence-electron chi connectivity index (χ3n) is 4.56. The van der Waals surface area contributed by atoms with Crippen molar-refractivity contribution in [1.29, 1.82) is 0 Å². The van der Waals surface area contributed by atoms with Gasteiger partial charge in [-0.2, -0.15) is 0 Å². The summed E-state index contributed by atoms with van der Waals surface area (Å²) < 4.78 is 0. The molecule has 0 heterocycles. The van der Waals surface area contributed by atoms with Crippen molar-refractivity contribution in [2.24, 2.45) is 11.3 Å². The zero-order valence-corrected chi connectivity index (χ0v) is 18.3. The van der Waals surface area contributed by atoms with Gasteiger partial charge in [-0.1, -0.05) is 42.4 Å². The van der Waals surface area contributed by atoms with Crippen LogP contribution in [0.1, 0.15) is 54.4 Å². The summed E-state index contributed by atoms with van der Waals surface area (Å²) in [6, 6.07) is -1.02. The average molecular weight is 407 g/mol. The average Bonchev–Trinajstić information content (AvgIpc) is 2.39. The van der Waals surface area contributed by atoms with Crippen LogP contribution >= 0.6 is 21.6 Å². The standard InChI is InChI=1S/C18H34N2O4S2/c1-17(2,3)11-7-8-12(11)19-13(15(21)22)9-25-26-10-14(16(23)24)20-18(4,5)6/h11-14,19-20H,7-10H2,1-6H3,(H,21,22)(H,23,24)/t11?,12?,13-,14+/m1/s1. The first-order valence-corrected chi connectivity index (χ1v) is 11.5. The van der Waals surface area contributed by atoms with Crippen molar-refractivity contribution in [1.82, 2.24) is 10.6 Å². The molecule has 4 N–H and O–H groups in total. The van der Waals surface area contributed by atoms with E-state index in [1.54, 1.807) is 0 Å². The van der Waals surface area contributed by atoms with E-state index in [0.29, 0.717) is 17.4 Å². The molecule has 8 heteroatoms. The molecule has 1 aliphatic carbocycles. The number of rotatable bonds is 10. The summed E-state index contributed by atoms with van der Waals surface area (Å²) in [5.41, 5.74) is -0.111. The molecule has 0 bridgehead atoms. The molecule has 4 atom stereocenters. The van der Waals surface area contributed by atoms with Crippen molar-refractivity contribution in [2.45, 2.75) is 78.0 Å².